The largest absolute Gasteiger partial charge is 0.491 e. The monoisotopic (exact) mass is 291 g/mol. The number of ether oxygens (including phenoxy) is 1. The topological polar surface area (TPSA) is 21.3 Å². The molecule has 2 heteroatoms. The molecule has 0 heterocycles. The van der Waals surface area contributed by atoms with E-state index in [4.69, 9.17) is 4.74 Å². The molecule has 1 N–H and O–H groups in total. The van der Waals surface area contributed by atoms with Crippen LogP contribution in [0.4, 0.5) is 5.69 Å². The lowest BCUT2D eigenvalue weighted by Gasteiger charge is -2.25. The standard InChI is InChI=1S/C19H33NO/c1-14(2)11-17(12-15(3)4)20-18-9-7-8-10-19(18)21-13-16(5)6/h7-10,14-17,20H,11-13H2,1-6H3. The zero-order valence-corrected chi connectivity index (χ0v) is 14.6. The normalized spacial score (nSPS) is 11.7. The minimum absolute atomic E-state index is 0.508. The lowest BCUT2D eigenvalue weighted by Crippen LogP contribution is -2.24. The van der Waals surface area contributed by atoms with E-state index >= 15 is 0 Å². The van der Waals surface area contributed by atoms with Gasteiger partial charge in [-0.25, -0.2) is 0 Å². The molecule has 0 aliphatic heterocycles. The van der Waals surface area contributed by atoms with Crippen molar-refractivity contribution in [1.82, 2.24) is 0 Å². The van der Waals surface area contributed by atoms with Crippen LogP contribution in [0.15, 0.2) is 24.3 Å². The van der Waals surface area contributed by atoms with Crippen molar-refractivity contribution in [2.75, 3.05) is 11.9 Å². The van der Waals surface area contributed by atoms with Crippen molar-refractivity contribution in [2.24, 2.45) is 17.8 Å². The summed E-state index contributed by atoms with van der Waals surface area (Å²) in [6.07, 6.45) is 2.38. The molecule has 0 amide bonds. The van der Waals surface area contributed by atoms with Crippen molar-refractivity contribution < 1.29 is 4.74 Å². The van der Waals surface area contributed by atoms with Crippen molar-refractivity contribution in [3.05, 3.63) is 24.3 Å². The summed E-state index contributed by atoms with van der Waals surface area (Å²) < 4.78 is 5.95. The van der Waals surface area contributed by atoms with Gasteiger partial charge in [-0.2, -0.15) is 0 Å². The SMILES string of the molecule is CC(C)COc1ccccc1NC(CC(C)C)CC(C)C. The van der Waals surface area contributed by atoms with Gasteiger partial charge in [0.2, 0.25) is 0 Å². The van der Waals surface area contributed by atoms with Gasteiger partial charge in [0.15, 0.2) is 0 Å². The molecule has 0 spiro atoms. The molecule has 0 atom stereocenters. The van der Waals surface area contributed by atoms with E-state index in [0.29, 0.717) is 23.8 Å². The first-order valence-corrected chi connectivity index (χ1v) is 8.36. The highest BCUT2D eigenvalue weighted by molar-refractivity contribution is 5.56. The molecule has 21 heavy (non-hydrogen) atoms. The first-order valence-electron chi connectivity index (χ1n) is 8.36. The summed E-state index contributed by atoms with van der Waals surface area (Å²) in [6, 6.07) is 8.82. The first kappa shape index (κ1) is 17.9. The van der Waals surface area contributed by atoms with Crippen molar-refractivity contribution >= 4 is 5.69 Å². The molecule has 0 radical (unpaired) electrons. The van der Waals surface area contributed by atoms with Crippen molar-refractivity contribution in [2.45, 2.75) is 60.4 Å². The minimum atomic E-state index is 0.508. The minimum Gasteiger partial charge on any atom is -0.491 e. The van der Waals surface area contributed by atoms with Gasteiger partial charge in [-0.05, 0) is 42.7 Å². The lowest BCUT2D eigenvalue weighted by molar-refractivity contribution is 0.272. The molecule has 0 aromatic heterocycles. The summed E-state index contributed by atoms with van der Waals surface area (Å²) in [5, 5.41) is 3.71. The quantitative estimate of drug-likeness (QED) is 0.640. The van der Waals surface area contributed by atoms with Gasteiger partial charge in [0.1, 0.15) is 5.75 Å². The lowest BCUT2D eigenvalue weighted by atomic mass is 9.95. The highest BCUT2D eigenvalue weighted by Crippen LogP contribution is 2.27. The number of benzene rings is 1. The summed E-state index contributed by atoms with van der Waals surface area (Å²) in [7, 11) is 0. The van der Waals surface area contributed by atoms with Crippen LogP contribution in [0.2, 0.25) is 0 Å². The molecule has 0 bridgehead atoms. The maximum absolute atomic E-state index is 5.95. The van der Waals surface area contributed by atoms with E-state index < -0.39 is 0 Å². The number of rotatable bonds is 9. The van der Waals surface area contributed by atoms with E-state index in [1.807, 2.05) is 6.07 Å². The van der Waals surface area contributed by atoms with E-state index in [1.54, 1.807) is 0 Å². The molecule has 2 nitrogen and oxygen atoms in total. The third kappa shape index (κ3) is 7.40. The Morgan fingerprint density at radius 1 is 0.857 bits per heavy atom. The highest BCUT2D eigenvalue weighted by atomic mass is 16.5. The van der Waals surface area contributed by atoms with Crippen molar-refractivity contribution in [1.29, 1.82) is 0 Å². The third-order valence-electron chi connectivity index (χ3n) is 3.33. The zero-order valence-electron chi connectivity index (χ0n) is 14.6. The zero-order chi connectivity index (χ0) is 15.8. The van der Waals surface area contributed by atoms with Gasteiger partial charge in [0.25, 0.3) is 0 Å². The van der Waals surface area contributed by atoms with Crippen LogP contribution >= 0.6 is 0 Å². The Morgan fingerprint density at radius 2 is 1.43 bits per heavy atom. The molecule has 0 aliphatic rings. The van der Waals surface area contributed by atoms with Crippen LogP contribution in [-0.4, -0.2) is 12.6 Å². The molecule has 1 aromatic carbocycles. The Labute approximate surface area is 131 Å². The van der Waals surface area contributed by atoms with Gasteiger partial charge in [0.05, 0.1) is 12.3 Å². The van der Waals surface area contributed by atoms with Crippen molar-refractivity contribution in [3.8, 4) is 5.75 Å². The Kier molecular flexibility index (Phi) is 7.63. The molecule has 0 aliphatic carbocycles. The van der Waals surface area contributed by atoms with E-state index in [1.165, 1.54) is 12.8 Å². The van der Waals surface area contributed by atoms with Crippen molar-refractivity contribution in [3.63, 3.8) is 0 Å². The van der Waals surface area contributed by atoms with Crippen LogP contribution in [-0.2, 0) is 0 Å². The van der Waals surface area contributed by atoms with Gasteiger partial charge in [-0.1, -0.05) is 53.7 Å². The fraction of sp³-hybridized carbons (Fsp3) is 0.684. The smallest absolute Gasteiger partial charge is 0.142 e. The fourth-order valence-electron chi connectivity index (χ4n) is 2.54. The maximum atomic E-state index is 5.95. The summed E-state index contributed by atoms with van der Waals surface area (Å²) in [5.74, 6) is 2.92. The molecule has 0 fully saturated rings. The number of para-hydroxylation sites is 2. The van der Waals surface area contributed by atoms with E-state index in [-0.39, 0.29) is 0 Å². The Hall–Kier alpha value is -1.18. The number of hydrogen-bond donors (Lipinski definition) is 1. The summed E-state index contributed by atoms with van der Waals surface area (Å²) in [4.78, 5) is 0. The molecule has 0 saturated heterocycles. The maximum Gasteiger partial charge on any atom is 0.142 e. The van der Waals surface area contributed by atoms with Gasteiger partial charge in [-0.3, -0.25) is 0 Å². The predicted octanol–water partition coefficient (Wildman–Crippen LogP) is 5.59. The van der Waals surface area contributed by atoms with Crippen LogP contribution in [0.1, 0.15) is 54.4 Å². The average molecular weight is 291 g/mol. The molecular weight excluding hydrogens is 258 g/mol. The number of nitrogens with one attached hydrogen (secondary N) is 1. The second-order valence-corrected chi connectivity index (χ2v) is 7.30. The molecule has 1 rings (SSSR count). The van der Waals surface area contributed by atoms with Gasteiger partial charge < -0.3 is 10.1 Å². The van der Waals surface area contributed by atoms with Crippen LogP contribution in [0, 0.1) is 17.8 Å². The fourth-order valence-corrected chi connectivity index (χ4v) is 2.54. The molecular formula is C19H33NO. The second kappa shape index (κ2) is 8.96. The summed E-state index contributed by atoms with van der Waals surface area (Å²) >= 11 is 0. The van der Waals surface area contributed by atoms with E-state index in [2.05, 4.69) is 65.1 Å². The van der Waals surface area contributed by atoms with Gasteiger partial charge in [0, 0.05) is 6.04 Å². The first-order chi connectivity index (χ1) is 9.88. The molecule has 0 saturated carbocycles. The Balaban J connectivity index is 2.77. The summed E-state index contributed by atoms with van der Waals surface area (Å²) in [5.41, 5.74) is 1.13. The second-order valence-electron chi connectivity index (χ2n) is 7.30. The number of anilines is 1. The highest BCUT2D eigenvalue weighted by Gasteiger charge is 2.15. The van der Waals surface area contributed by atoms with E-state index in [0.717, 1.165) is 18.0 Å². The molecule has 0 unspecified atom stereocenters. The Morgan fingerprint density at radius 3 is 1.95 bits per heavy atom. The van der Waals surface area contributed by atoms with E-state index in [9.17, 15) is 0 Å². The third-order valence-corrected chi connectivity index (χ3v) is 3.33. The number of hydrogen-bond acceptors (Lipinski definition) is 2. The molecule has 1 aromatic rings. The van der Waals surface area contributed by atoms with Crippen LogP contribution < -0.4 is 10.1 Å². The summed E-state index contributed by atoms with van der Waals surface area (Å²) in [6.45, 7) is 14.3. The van der Waals surface area contributed by atoms with Crippen LogP contribution in [0.5, 0.6) is 5.75 Å². The van der Waals surface area contributed by atoms with Gasteiger partial charge in [-0.15, -0.1) is 0 Å². The average Bonchev–Trinajstić information content (AvgIpc) is 2.36. The molecule has 120 valence electrons. The van der Waals surface area contributed by atoms with Gasteiger partial charge >= 0.3 is 0 Å². The predicted molar refractivity (Wildman–Crippen MR) is 93.1 cm³/mol. The van der Waals surface area contributed by atoms with Crippen LogP contribution in [0.25, 0.3) is 0 Å². The van der Waals surface area contributed by atoms with Crippen LogP contribution in [0.3, 0.4) is 0 Å². The Bertz CT molecular complexity index is 388.